The molecular weight excluding hydrogens is 359 g/mol. The molecule has 0 aromatic rings. The maximum atomic E-state index is 10.1. The predicted molar refractivity (Wildman–Crippen MR) is 42.5 cm³/mol. The van der Waals surface area contributed by atoms with Crippen molar-refractivity contribution in [1.29, 1.82) is 0 Å². The van der Waals surface area contributed by atoms with Crippen LogP contribution < -0.4 is 9.79 Å². The summed E-state index contributed by atoms with van der Waals surface area (Å²) in [5.41, 5.74) is 0. The number of phosphoric acid groups is 1. The van der Waals surface area contributed by atoms with Gasteiger partial charge in [0, 0.05) is 0 Å². The van der Waals surface area contributed by atoms with E-state index in [1.54, 1.807) is 0 Å². The van der Waals surface area contributed by atoms with E-state index >= 15 is 0 Å². The monoisotopic (exact) mass is 372 g/mol. The molecular formula is C6H11CdO9P. The van der Waals surface area contributed by atoms with Crippen molar-refractivity contribution >= 4 is 7.82 Å². The molecule has 0 bridgehead atoms. The molecule has 0 aromatic heterocycles. The predicted octanol–water partition coefficient (Wildman–Crippen LogP) is -4.37. The van der Waals surface area contributed by atoms with E-state index < -0.39 is 45.1 Å². The number of aliphatic hydroxyl groups is 4. The maximum Gasteiger partial charge on any atom is 2.00 e. The van der Waals surface area contributed by atoms with Crippen molar-refractivity contribution in [2.75, 3.05) is 6.61 Å². The smallest absolute Gasteiger partial charge is 0.790 e. The number of ether oxygens (including phenoxy) is 1. The molecule has 1 rings (SSSR count). The van der Waals surface area contributed by atoms with Crippen molar-refractivity contribution in [3.05, 3.63) is 0 Å². The summed E-state index contributed by atoms with van der Waals surface area (Å²) in [5, 5.41) is 36.6. The van der Waals surface area contributed by atoms with Gasteiger partial charge in [-0.25, -0.2) is 0 Å². The molecule has 1 saturated heterocycles. The zero-order valence-electron chi connectivity index (χ0n) is 8.58. The molecule has 1 fully saturated rings. The van der Waals surface area contributed by atoms with Crippen LogP contribution in [0, 0.1) is 0 Å². The second kappa shape index (κ2) is 6.84. The van der Waals surface area contributed by atoms with Crippen molar-refractivity contribution in [3.8, 4) is 0 Å². The fourth-order valence-electron chi connectivity index (χ4n) is 1.23. The van der Waals surface area contributed by atoms with Gasteiger partial charge in [-0.05, 0) is 0 Å². The molecule has 1 aliphatic heterocycles. The number of hydrogen-bond acceptors (Lipinski definition) is 9. The summed E-state index contributed by atoms with van der Waals surface area (Å²) in [6.07, 6.45) is -8.35. The third-order valence-electron chi connectivity index (χ3n) is 2.08. The van der Waals surface area contributed by atoms with E-state index in [0.29, 0.717) is 0 Å². The first-order valence-electron chi connectivity index (χ1n) is 4.26. The fourth-order valence-corrected chi connectivity index (χ4v) is 1.56. The first-order chi connectivity index (χ1) is 7.22. The molecule has 5 atom stereocenters. The summed E-state index contributed by atoms with van der Waals surface area (Å²) < 4.78 is 18.5. The molecule has 0 aromatic carbocycles. The summed E-state index contributed by atoms with van der Waals surface area (Å²) in [5.74, 6) is 0. The van der Waals surface area contributed by atoms with Gasteiger partial charge in [-0.1, -0.05) is 0 Å². The van der Waals surface area contributed by atoms with Gasteiger partial charge >= 0.3 is 27.3 Å². The molecule has 96 valence electrons. The zero-order chi connectivity index (χ0) is 12.5. The van der Waals surface area contributed by atoms with Crippen LogP contribution in [0.25, 0.3) is 0 Å². The minimum Gasteiger partial charge on any atom is -0.790 e. The van der Waals surface area contributed by atoms with Gasteiger partial charge in [0.2, 0.25) is 0 Å². The number of hydrogen-bond donors (Lipinski definition) is 4. The Morgan fingerprint density at radius 3 is 2.12 bits per heavy atom. The molecule has 0 spiro atoms. The SMILES string of the molecule is O=P([O-])([O-])OCC1OC(O)C(O)C(O)C1O.[Cd+2]. The minimum absolute atomic E-state index is 0. The van der Waals surface area contributed by atoms with Gasteiger partial charge in [-0.15, -0.1) is 0 Å². The molecule has 0 saturated carbocycles. The van der Waals surface area contributed by atoms with Crippen LogP contribution in [0.15, 0.2) is 0 Å². The Balaban J connectivity index is 0.00000256. The molecule has 0 radical (unpaired) electrons. The van der Waals surface area contributed by atoms with E-state index in [4.69, 9.17) is 10.2 Å². The first-order valence-corrected chi connectivity index (χ1v) is 5.73. The van der Waals surface area contributed by atoms with Gasteiger partial charge in [0.15, 0.2) is 6.29 Å². The number of aliphatic hydroxyl groups excluding tert-OH is 4. The van der Waals surface area contributed by atoms with Crippen LogP contribution in [-0.2, 0) is 41.1 Å². The van der Waals surface area contributed by atoms with Gasteiger partial charge < -0.3 is 44.0 Å². The van der Waals surface area contributed by atoms with Gasteiger partial charge in [-0.2, -0.15) is 0 Å². The van der Waals surface area contributed by atoms with E-state index in [1.807, 2.05) is 0 Å². The van der Waals surface area contributed by atoms with E-state index in [1.165, 1.54) is 0 Å². The Morgan fingerprint density at radius 1 is 1.12 bits per heavy atom. The van der Waals surface area contributed by atoms with Crippen LogP contribution in [-0.4, -0.2) is 57.7 Å². The third-order valence-corrected chi connectivity index (χ3v) is 2.55. The Kier molecular flexibility index (Phi) is 7.18. The number of phosphoric ester groups is 1. The summed E-state index contributed by atoms with van der Waals surface area (Å²) in [7, 11) is -5.23. The molecule has 9 nitrogen and oxygen atoms in total. The van der Waals surface area contributed by atoms with E-state index in [9.17, 15) is 24.6 Å². The summed E-state index contributed by atoms with van der Waals surface area (Å²) in [4.78, 5) is 20.3. The van der Waals surface area contributed by atoms with E-state index in [-0.39, 0.29) is 27.3 Å². The van der Waals surface area contributed by atoms with Crippen LogP contribution in [0.5, 0.6) is 0 Å². The van der Waals surface area contributed by atoms with Crippen molar-refractivity contribution in [3.63, 3.8) is 0 Å². The van der Waals surface area contributed by atoms with Crippen LogP contribution in [0.2, 0.25) is 0 Å². The van der Waals surface area contributed by atoms with Gasteiger partial charge in [0.1, 0.15) is 24.4 Å². The second-order valence-corrected chi connectivity index (χ2v) is 4.43. The van der Waals surface area contributed by atoms with Crippen molar-refractivity contribution < 1.29 is 71.3 Å². The van der Waals surface area contributed by atoms with Crippen LogP contribution >= 0.6 is 7.82 Å². The molecule has 11 heteroatoms. The molecule has 0 amide bonds. The minimum atomic E-state index is -5.23. The van der Waals surface area contributed by atoms with Gasteiger partial charge in [-0.3, -0.25) is 0 Å². The molecule has 1 aliphatic rings. The van der Waals surface area contributed by atoms with Crippen LogP contribution in [0.1, 0.15) is 0 Å². The zero-order valence-corrected chi connectivity index (χ0v) is 13.5. The van der Waals surface area contributed by atoms with Crippen LogP contribution in [0.4, 0.5) is 0 Å². The molecule has 1 heterocycles. The quantitative estimate of drug-likeness (QED) is 0.284. The van der Waals surface area contributed by atoms with Gasteiger partial charge in [0.05, 0.1) is 14.4 Å². The largest absolute Gasteiger partial charge is 2.00 e. The molecule has 17 heavy (non-hydrogen) atoms. The molecule has 5 unspecified atom stereocenters. The Bertz CT molecular complexity index is 283. The van der Waals surface area contributed by atoms with E-state index in [2.05, 4.69) is 9.26 Å². The molecule has 4 N–H and O–H groups in total. The Morgan fingerprint density at radius 2 is 1.65 bits per heavy atom. The Labute approximate surface area is 116 Å². The van der Waals surface area contributed by atoms with E-state index in [0.717, 1.165) is 0 Å². The fraction of sp³-hybridized carbons (Fsp3) is 1.00. The summed E-state index contributed by atoms with van der Waals surface area (Å²) in [6, 6.07) is 0. The standard InChI is InChI=1S/C6H13O9P.Cd/c7-3-2(1-14-16(11,12)13)15-6(10)5(9)4(3)8;/h2-10H,1H2,(H2,11,12,13);/q;+2/p-2. The number of rotatable bonds is 3. The summed E-state index contributed by atoms with van der Waals surface area (Å²) in [6.45, 7) is -0.855. The first kappa shape index (κ1) is 17.8. The normalized spacial score (nSPS) is 38.6. The van der Waals surface area contributed by atoms with Crippen molar-refractivity contribution in [2.24, 2.45) is 0 Å². The molecule has 0 aliphatic carbocycles. The average Bonchev–Trinajstić information content (AvgIpc) is 2.17. The average molecular weight is 371 g/mol. The maximum absolute atomic E-state index is 10.1. The van der Waals surface area contributed by atoms with Crippen molar-refractivity contribution in [1.82, 2.24) is 0 Å². The third kappa shape index (κ3) is 5.14. The topological polar surface area (TPSA) is 163 Å². The van der Waals surface area contributed by atoms with Gasteiger partial charge in [0.25, 0.3) is 0 Å². The van der Waals surface area contributed by atoms with Crippen LogP contribution in [0.3, 0.4) is 0 Å². The summed E-state index contributed by atoms with van der Waals surface area (Å²) >= 11 is 0. The van der Waals surface area contributed by atoms with Crippen molar-refractivity contribution in [2.45, 2.75) is 30.7 Å². The Hall–Kier alpha value is 0.832. The second-order valence-electron chi connectivity index (χ2n) is 3.28.